The lowest BCUT2D eigenvalue weighted by molar-refractivity contribution is 0.736. The van der Waals surface area contributed by atoms with Crippen molar-refractivity contribution in [3.05, 3.63) is 11.9 Å². The van der Waals surface area contributed by atoms with Crippen molar-refractivity contribution in [1.29, 1.82) is 0 Å². The van der Waals surface area contributed by atoms with E-state index < -0.39 is 0 Å². The fourth-order valence-electron chi connectivity index (χ4n) is 0.720. The number of nitrogens with one attached hydrogen (secondary N) is 1. The maximum absolute atomic E-state index is 4.20. The Morgan fingerprint density at radius 2 is 2.44 bits per heavy atom. The molecule has 0 unspecified atom stereocenters. The molecule has 2 heteroatoms. The third kappa shape index (κ3) is 1.56. The molecule has 50 valence electrons. The number of nitrogens with zero attached hydrogens (tertiary/aromatic N) is 1. The highest BCUT2D eigenvalue weighted by Gasteiger charge is 2.01. The first-order valence-corrected chi connectivity index (χ1v) is 3.26. The third-order valence-electron chi connectivity index (χ3n) is 1.29. The molecule has 1 heterocycles. The molecule has 0 radical (unpaired) electrons. The minimum Gasteiger partial charge on any atom is -0.384 e. The summed E-state index contributed by atoms with van der Waals surface area (Å²) in [6, 6.07) is 0. The molecule has 0 bridgehead atoms. The van der Waals surface area contributed by atoms with Crippen molar-refractivity contribution in [2.75, 3.05) is 6.54 Å². The molecule has 1 rings (SSSR count). The summed E-state index contributed by atoms with van der Waals surface area (Å²) in [5.41, 5.74) is 1.14. The molecule has 1 N–H and O–H groups in total. The highest BCUT2D eigenvalue weighted by atomic mass is 14.9. The second-order valence-corrected chi connectivity index (χ2v) is 2.44. The zero-order valence-corrected chi connectivity index (χ0v) is 5.89. The first kappa shape index (κ1) is 6.33. The van der Waals surface area contributed by atoms with E-state index in [9.17, 15) is 0 Å². The molecule has 0 saturated heterocycles. The molecule has 0 amide bonds. The van der Waals surface area contributed by atoms with Crippen LogP contribution in [0.1, 0.15) is 13.8 Å². The lowest BCUT2D eigenvalue weighted by Crippen LogP contribution is -2.14. The van der Waals surface area contributed by atoms with Gasteiger partial charge in [0.2, 0.25) is 0 Å². The van der Waals surface area contributed by atoms with E-state index in [-0.39, 0.29) is 0 Å². The van der Waals surface area contributed by atoms with E-state index in [1.807, 2.05) is 12.4 Å². The minimum absolute atomic E-state index is 0.536. The summed E-state index contributed by atoms with van der Waals surface area (Å²) in [5, 5.41) is 3.10. The maximum Gasteiger partial charge on any atom is 0.0582 e. The Kier molecular flexibility index (Phi) is 1.88. The molecule has 0 aromatic heterocycles. The molecule has 0 spiro atoms. The number of hydrogen-bond acceptors (Lipinski definition) is 2. The van der Waals surface area contributed by atoms with Crippen molar-refractivity contribution in [1.82, 2.24) is 5.32 Å². The van der Waals surface area contributed by atoms with Crippen LogP contribution in [0, 0.1) is 5.92 Å². The fraction of sp³-hybridized carbons (Fsp3) is 0.571. The molecule has 0 aromatic carbocycles. The molecule has 2 nitrogen and oxygen atoms in total. The van der Waals surface area contributed by atoms with Crippen molar-refractivity contribution in [2.24, 2.45) is 10.9 Å². The van der Waals surface area contributed by atoms with Gasteiger partial charge in [0.1, 0.15) is 0 Å². The molecule has 0 atom stereocenters. The third-order valence-corrected chi connectivity index (χ3v) is 1.29. The summed E-state index contributed by atoms with van der Waals surface area (Å²) in [5.74, 6) is 0.536. The van der Waals surface area contributed by atoms with Crippen LogP contribution in [0.25, 0.3) is 0 Å². The zero-order chi connectivity index (χ0) is 6.69. The van der Waals surface area contributed by atoms with Crippen LogP contribution in [0.5, 0.6) is 0 Å². The molecule has 0 saturated carbocycles. The van der Waals surface area contributed by atoms with Gasteiger partial charge in [0.25, 0.3) is 0 Å². The van der Waals surface area contributed by atoms with Gasteiger partial charge in [0, 0.05) is 19.0 Å². The molecule has 9 heavy (non-hydrogen) atoms. The predicted octanol–water partition coefficient (Wildman–Crippen LogP) is 1.16. The van der Waals surface area contributed by atoms with E-state index in [4.69, 9.17) is 0 Å². The van der Waals surface area contributed by atoms with Crippen molar-refractivity contribution >= 4 is 6.21 Å². The van der Waals surface area contributed by atoms with E-state index in [0.717, 1.165) is 12.2 Å². The van der Waals surface area contributed by atoms with Crippen LogP contribution in [-0.4, -0.2) is 12.8 Å². The lowest BCUT2D eigenvalue weighted by Gasteiger charge is -2.09. The Balaban J connectivity index is 2.58. The SMILES string of the molecule is CC(C)C1=CNCC=N1. The smallest absolute Gasteiger partial charge is 0.0582 e. The van der Waals surface area contributed by atoms with E-state index in [1.165, 1.54) is 0 Å². The van der Waals surface area contributed by atoms with Gasteiger partial charge < -0.3 is 5.32 Å². The average molecular weight is 124 g/mol. The first-order chi connectivity index (χ1) is 4.30. The van der Waals surface area contributed by atoms with Gasteiger partial charge in [0.15, 0.2) is 0 Å². The second-order valence-electron chi connectivity index (χ2n) is 2.44. The van der Waals surface area contributed by atoms with Crippen molar-refractivity contribution in [2.45, 2.75) is 13.8 Å². The standard InChI is InChI=1S/C7H12N2/c1-6(2)7-5-8-3-4-9-7/h4-6,8H,3H2,1-2H3. The van der Waals surface area contributed by atoms with E-state index in [1.54, 1.807) is 0 Å². The lowest BCUT2D eigenvalue weighted by atomic mass is 10.1. The molecular weight excluding hydrogens is 112 g/mol. The van der Waals surface area contributed by atoms with Crippen molar-refractivity contribution in [3.8, 4) is 0 Å². The second kappa shape index (κ2) is 2.67. The quantitative estimate of drug-likeness (QED) is 0.557. The molecule has 1 aliphatic rings. The predicted molar refractivity (Wildman–Crippen MR) is 39.4 cm³/mol. The summed E-state index contributed by atoms with van der Waals surface area (Å²) in [7, 11) is 0. The number of hydrogen-bond donors (Lipinski definition) is 1. The van der Waals surface area contributed by atoms with E-state index >= 15 is 0 Å². The zero-order valence-electron chi connectivity index (χ0n) is 5.89. The normalized spacial score (nSPS) is 17.4. The summed E-state index contributed by atoms with van der Waals surface area (Å²) >= 11 is 0. The van der Waals surface area contributed by atoms with Gasteiger partial charge in [-0.05, 0) is 5.92 Å². The van der Waals surface area contributed by atoms with Crippen molar-refractivity contribution in [3.63, 3.8) is 0 Å². The van der Waals surface area contributed by atoms with Gasteiger partial charge in [-0.3, -0.25) is 4.99 Å². The Morgan fingerprint density at radius 3 is 2.78 bits per heavy atom. The van der Waals surface area contributed by atoms with Crippen molar-refractivity contribution < 1.29 is 0 Å². The highest BCUT2D eigenvalue weighted by molar-refractivity contribution is 5.62. The van der Waals surface area contributed by atoms with E-state index in [0.29, 0.717) is 5.92 Å². The molecule has 0 fully saturated rings. The summed E-state index contributed by atoms with van der Waals surface area (Å²) in [6.07, 6.45) is 3.88. The van der Waals surface area contributed by atoms with Crippen LogP contribution >= 0.6 is 0 Å². The van der Waals surface area contributed by atoms with Gasteiger partial charge in [-0.2, -0.15) is 0 Å². The van der Waals surface area contributed by atoms with Gasteiger partial charge in [-0.15, -0.1) is 0 Å². The topological polar surface area (TPSA) is 24.4 Å². The Hall–Kier alpha value is -0.790. The van der Waals surface area contributed by atoms with Gasteiger partial charge >= 0.3 is 0 Å². The summed E-state index contributed by atoms with van der Waals surface area (Å²) in [6.45, 7) is 5.14. The van der Waals surface area contributed by atoms with Crippen LogP contribution in [0.4, 0.5) is 0 Å². The minimum atomic E-state index is 0.536. The average Bonchev–Trinajstić information content (AvgIpc) is 1.90. The molecule has 0 aliphatic carbocycles. The fourth-order valence-corrected chi connectivity index (χ4v) is 0.720. The van der Waals surface area contributed by atoms with Crippen LogP contribution in [0.2, 0.25) is 0 Å². The maximum atomic E-state index is 4.20. The first-order valence-electron chi connectivity index (χ1n) is 3.26. The molecular formula is C7H12N2. The number of allylic oxidation sites excluding steroid dienone is 1. The summed E-state index contributed by atoms with van der Waals surface area (Å²) in [4.78, 5) is 4.20. The van der Waals surface area contributed by atoms with Crippen LogP contribution in [0.3, 0.4) is 0 Å². The van der Waals surface area contributed by atoms with E-state index in [2.05, 4.69) is 24.2 Å². The highest BCUT2D eigenvalue weighted by Crippen LogP contribution is 2.09. The van der Waals surface area contributed by atoms with Gasteiger partial charge in [-0.25, -0.2) is 0 Å². The number of aliphatic imine (C=N–C) groups is 1. The number of rotatable bonds is 1. The van der Waals surface area contributed by atoms with Crippen LogP contribution in [-0.2, 0) is 0 Å². The van der Waals surface area contributed by atoms with Gasteiger partial charge in [-0.1, -0.05) is 13.8 Å². The molecule has 1 aliphatic heterocycles. The van der Waals surface area contributed by atoms with Crippen LogP contribution < -0.4 is 5.32 Å². The molecule has 0 aromatic rings. The summed E-state index contributed by atoms with van der Waals surface area (Å²) < 4.78 is 0. The van der Waals surface area contributed by atoms with Gasteiger partial charge in [0.05, 0.1) is 5.70 Å². The largest absolute Gasteiger partial charge is 0.384 e. The monoisotopic (exact) mass is 124 g/mol. The Morgan fingerprint density at radius 1 is 1.67 bits per heavy atom. The van der Waals surface area contributed by atoms with Crippen LogP contribution in [0.15, 0.2) is 16.9 Å². The Bertz CT molecular complexity index is 145. The Labute approximate surface area is 55.7 Å².